The Morgan fingerprint density at radius 2 is 1.81 bits per heavy atom. The summed E-state index contributed by atoms with van der Waals surface area (Å²) < 4.78 is 11.7. The molecule has 0 radical (unpaired) electrons. The Bertz CT molecular complexity index is 1210. The van der Waals surface area contributed by atoms with E-state index < -0.39 is 11.5 Å². The number of benzene rings is 2. The van der Waals surface area contributed by atoms with Gasteiger partial charge in [-0.05, 0) is 24.1 Å². The van der Waals surface area contributed by atoms with Crippen LogP contribution in [0.15, 0.2) is 59.4 Å². The molecule has 2 unspecified atom stereocenters. The van der Waals surface area contributed by atoms with Gasteiger partial charge in [-0.15, -0.1) is 0 Å². The van der Waals surface area contributed by atoms with Gasteiger partial charge in [0.2, 0.25) is 5.75 Å². The fourth-order valence-electron chi connectivity index (χ4n) is 3.94. The summed E-state index contributed by atoms with van der Waals surface area (Å²) in [6.07, 6.45) is 0. The predicted octanol–water partition coefficient (Wildman–Crippen LogP) is 3.77. The van der Waals surface area contributed by atoms with E-state index in [0.717, 1.165) is 11.1 Å². The van der Waals surface area contributed by atoms with Crippen molar-refractivity contribution in [2.24, 2.45) is 7.05 Å². The molecule has 7 heteroatoms. The normalized spacial score (nSPS) is 12.5. The van der Waals surface area contributed by atoms with Crippen molar-refractivity contribution in [3.05, 3.63) is 93.2 Å². The van der Waals surface area contributed by atoms with Crippen molar-refractivity contribution >= 4 is 5.97 Å². The smallest absolute Gasteiger partial charge is 0.361 e. The fourth-order valence-corrected chi connectivity index (χ4v) is 3.94. The number of hydrogen-bond acceptors (Lipinski definition) is 6. The summed E-state index contributed by atoms with van der Waals surface area (Å²) in [5.41, 5.74) is 1.69. The monoisotopic (exact) mass is 431 g/mol. The summed E-state index contributed by atoms with van der Waals surface area (Å²) in [5, 5.41) is 9.71. The van der Waals surface area contributed by atoms with E-state index in [9.17, 15) is 14.9 Å². The minimum absolute atomic E-state index is 0.145. The van der Waals surface area contributed by atoms with Gasteiger partial charge < -0.3 is 9.47 Å². The molecule has 0 saturated carbocycles. The Kier molecular flexibility index (Phi) is 7.06. The quantitative estimate of drug-likeness (QED) is 0.529. The maximum Gasteiger partial charge on any atom is 0.361 e. The van der Waals surface area contributed by atoms with Gasteiger partial charge >= 0.3 is 5.97 Å². The van der Waals surface area contributed by atoms with E-state index in [0.29, 0.717) is 11.4 Å². The molecule has 0 spiro atoms. The van der Waals surface area contributed by atoms with Gasteiger partial charge in [-0.1, -0.05) is 55.5 Å². The summed E-state index contributed by atoms with van der Waals surface area (Å²) in [7, 11) is 2.91. The first-order chi connectivity index (χ1) is 15.4. The number of carbonyl (C=O) groups excluding carboxylic acids is 1. The predicted molar refractivity (Wildman–Crippen MR) is 120 cm³/mol. The zero-order chi connectivity index (χ0) is 23.3. The Balaban J connectivity index is 2.25. The molecule has 3 rings (SSSR count). The second-order valence-corrected chi connectivity index (χ2v) is 7.31. The van der Waals surface area contributed by atoms with Crippen molar-refractivity contribution < 1.29 is 14.3 Å². The van der Waals surface area contributed by atoms with Gasteiger partial charge in [0.05, 0.1) is 25.3 Å². The molecule has 164 valence electrons. The molecular formula is C25H25N3O4. The van der Waals surface area contributed by atoms with Crippen LogP contribution in [0.3, 0.4) is 0 Å². The lowest BCUT2D eigenvalue weighted by atomic mass is 9.79. The minimum atomic E-state index is -0.718. The number of carbonyl (C=O) groups is 1. The summed E-state index contributed by atoms with van der Waals surface area (Å²) >= 11 is 0. The molecule has 1 aromatic heterocycles. The fraction of sp³-hybridized carbons (Fsp3) is 0.280. The Morgan fingerprint density at radius 1 is 1.16 bits per heavy atom. The summed E-state index contributed by atoms with van der Waals surface area (Å²) in [6.45, 7) is 3.75. The van der Waals surface area contributed by atoms with E-state index in [2.05, 4.69) is 11.1 Å². The standard InChI is InChI=1S/C25H25N3O4/c1-5-32-25(30)21-22(31-4)24(29)28(3)23(27-21)16(2)20(17-11-7-6-8-12-17)19-14-10-9-13-18(19)15-26/h6-14,16,20H,5H2,1-4H3. The molecule has 0 fully saturated rings. The lowest BCUT2D eigenvalue weighted by Gasteiger charge is -2.27. The minimum Gasteiger partial charge on any atom is -0.489 e. The maximum atomic E-state index is 13.0. The van der Waals surface area contributed by atoms with Gasteiger partial charge in [0.25, 0.3) is 5.56 Å². The SMILES string of the molecule is CCOC(=O)c1nc(C(C)C(c2ccccc2)c2ccccc2C#N)n(C)c(=O)c1OC. The second kappa shape index (κ2) is 9.92. The highest BCUT2D eigenvalue weighted by molar-refractivity contribution is 5.90. The number of ether oxygens (including phenoxy) is 2. The topological polar surface area (TPSA) is 94.2 Å². The zero-order valence-corrected chi connectivity index (χ0v) is 18.5. The molecule has 0 aliphatic carbocycles. The molecule has 0 saturated heterocycles. The van der Waals surface area contributed by atoms with Gasteiger partial charge in [-0.2, -0.15) is 5.26 Å². The van der Waals surface area contributed by atoms with Crippen LogP contribution < -0.4 is 10.3 Å². The second-order valence-electron chi connectivity index (χ2n) is 7.31. The lowest BCUT2D eigenvalue weighted by Crippen LogP contribution is -2.30. The number of nitrogens with zero attached hydrogens (tertiary/aromatic N) is 3. The molecule has 3 aromatic rings. The van der Waals surface area contributed by atoms with E-state index in [-0.39, 0.29) is 29.9 Å². The van der Waals surface area contributed by atoms with E-state index in [1.165, 1.54) is 11.7 Å². The van der Waals surface area contributed by atoms with E-state index in [1.807, 2.05) is 55.5 Å². The van der Waals surface area contributed by atoms with Crippen LogP contribution in [0.25, 0.3) is 0 Å². The molecule has 2 atom stereocenters. The van der Waals surface area contributed by atoms with Gasteiger partial charge in [0, 0.05) is 18.9 Å². The van der Waals surface area contributed by atoms with Crippen LogP contribution in [0.2, 0.25) is 0 Å². The molecule has 0 aliphatic heterocycles. The number of nitriles is 1. The van der Waals surface area contributed by atoms with Gasteiger partial charge in [0.1, 0.15) is 5.82 Å². The zero-order valence-electron chi connectivity index (χ0n) is 18.5. The molecule has 32 heavy (non-hydrogen) atoms. The first kappa shape index (κ1) is 22.8. The van der Waals surface area contributed by atoms with Crippen LogP contribution >= 0.6 is 0 Å². The summed E-state index contributed by atoms with van der Waals surface area (Å²) in [5.74, 6) is -1.13. The van der Waals surface area contributed by atoms with Gasteiger partial charge in [-0.25, -0.2) is 9.78 Å². The Labute approximate surface area is 186 Å². The first-order valence-electron chi connectivity index (χ1n) is 10.3. The largest absolute Gasteiger partial charge is 0.489 e. The van der Waals surface area contributed by atoms with E-state index >= 15 is 0 Å². The highest BCUT2D eigenvalue weighted by Gasteiger charge is 2.31. The van der Waals surface area contributed by atoms with Crippen LogP contribution in [0, 0.1) is 11.3 Å². The lowest BCUT2D eigenvalue weighted by molar-refractivity contribution is 0.0514. The number of methoxy groups -OCH3 is 1. The van der Waals surface area contributed by atoms with Crippen molar-refractivity contribution in [3.8, 4) is 11.8 Å². The van der Waals surface area contributed by atoms with Crippen LogP contribution in [0.5, 0.6) is 5.75 Å². The van der Waals surface area contributed by atoms with E-state index in [1.54, 1.807) is 20.0 Å². The number of rotatable bonds is 7. The van der Waals surface area contributed by atoms with Gasteiger partial charge in [0.15, 0.2) is 5.69 Å². The highest BCUT2D eigenvalue weighted by atomic mass is 16.5. The summed E-state index contributed by atoms with van der Waals surface area (Å²) in [4.78, 5) is 30.1. The number of esters is 1. The molecular weight excluding hydrogens is 406 g/mol. The summed E-state index contributed by atoms with van der Waals surface area (Å²) in [6, 6.07) is 19.3. The third-order valence-electron chi connectivity index (χ3n) is 5.44. The molecule has 2 aromatic carbocycles. The van der Waals surface area contributed by atoms with Crippen molar-refractivity contribution in [2.75, 3.05) is 13.7 Å². The molecule has 7 nitrogen and oxygen atoms in total. The Morgan fingerprint density at radius 3 is 2.44 bits per heavy atom. The van der Waals surface area contributed by atoms with Crippen molar-refractivity contribution in [1.82, 2.24) is 9.55 Å². The van der Waals surface area contributed by atoms with Crippen molar-refractivity contribution in [3.63, 3.8) is 0 Å². The van der Waals surface area contributed by atoms with Crippen molar-refractivity contribution in [1.29, 1.82) is 5.26 Å². The number of aromatic nitrogens is 2. The number of hydrogen-bond donors (Lipinski definition) is 0. The van der Waals surface area contributed by atoms with Gasteiger partial charge in [-0.3, -0.25) is 9.36 Å². The average Bonchev–Trinajstić information content (AvgIpc) is 2.81. The van der Waals surface area contributed by atoms with Crippen LogP contribution in [0.1, 0.15) is 58.7 Å². The third-order valence-corrected chi connectivity index (χ3v) is 5.44. The Hall–Kier alpha value is -3.92. The van der Waals surface area contributed by atoms with Crippen molar-refractivity contribution in [2.45, 2.75) is 25.7 Å². The maximum absolute atomic E-state index is 13.0. The average molecular weight is 431 g/mol. The third kappa shape index (κ3) is 4.26. The van der Waals surface area contributed by atoms with Crippen LogP contribution in [-0.4, -0.2) is 29.2 Å². The highest BCUT2D eigenvalue weighted by Crippen LogP contribution is 2.39. The molecule has 0 bridgehead atoms. The molecule has 0 N–H and O–H groups in total. The van der Waals surface area contributed by atoms with Crippen LogP contribution in [-0.2, 0) is 11.8 Å². The van der Waals surface area contributed by atoms with E-state index in [4.69, 9.17) is 9.47 Å². The first-order valence-corrected chi connectivity index (χ1v) is 10.3. The molecule has 1 heterocycles. The molecule has 0 aliphatic rings. The molecule has 0 amide bonds. The van der Waals surface area contributed by atoms with Crippen LogP contribution in [0.4, 0.5) is 0 Å².